The van der Waals surface area contributed by atoms with Crippen LogP contribution in [0.25, 0.3) is 5.57 Å². The first-order valence-electron chi connectivity index (χ1n) is 6.01. The molecule has 0 aliphatic carbocycles. The number of hydrogen-bond acceptors (Lipinski definition) is 1. The van der Waals surface area contributed by atoms with Crippen LogP contribution < -0.4 is 0 Å². The second-order valence-corrected chi connectivity index (χ2v) is 5.26. The molecule has 0 saturated carbocycles. The molecule has 0 atom stereocenters. The van der Waals surface area contributed by atoms with Crippen LogP contribution in [-0.4, -0.2) is 0 Å². The summed E-state index contributed by atoms with van der Waals surface area (Å²) in [5.74, 6) is 1.86. The molecular weight excluding hydrogens is 208 g/mol. The van der Waals surface area contributed by atoms with Crippen LogP contribution in [0.2, 0.25) is 0 Å². The van der Waals surface area contributed by atoms with E-state index in [2.05, 4.69) is 45.1 Å². The molecule has 0 unspecified atom stereocenters. The molecule has 1 aromatic heterocycles. The molecule has 1 rings (SSSR count). The summed E-state index contributed by atoms with van der Waals surface area (Å²) in [6.45, 7) is 10.5. The van der Waals surface area contributed by atoms with Gasteiger partial charge in [-0.05, 0) is 31.4 Å². The molecule has 0 N–H and O–H groups in total. The minimum atomic E-state index is 0.205. The molecular formula is C16H22O. The van der Waals surface area contributed by atoms with Gasteiger partial charge in [-0.15, -0.1) is 0 Å². The fourth-order valence-corrected chi connectivity index (χ4v) is 1.43. The second-order valence-electron chi connectivity index (χ2n) is 5.26. The average molecular weight is 230 g/mol. The van der Waals surface area contributed by atoms with Crippen molar-refractivity contribution in [2.45, 2.75) is 34.6 Å². The molecule has 0 fully saturated rings. The number of rotatable bonds is 3. The van der Waals surface area contributed by atoms with E-state index >= 15 is 0 Å². The molecule has 92 valence electrons. The summed E-state index contributed by atoms with van der Waals surface area (Å²) < 4.78 is 5.63. The van der Waals surface area contributed by atoms with Crippen LogP contribution in [0.4, 0.5) is 0 Å². The number of furan rings is 1. The Morgan fingerprint density at radius 1 is 1.24 bits per heavy atom. The smallest absolute Gasteiger partial charge is 0.134 e. The molecule has 0 aliphatic rings. The van der Waals surface area contributed by atoms with Crippen LogP contribution in [0.3, 0.4) is 0 Å². The van der Waals surface area contributed by atoms with Crippen molar-refractivity contribution in [1.29, 1.82) is 0 Å². The molecule has 0 spiro atoms. The van der Waals surface area contributed by atoms with E-state index < -0.39 is 0 Å². The third kappa shape index (κ3) is 4.90. The molecule has 1 heteroatoms. The molecule has 17 heavy (non-hydrogen) atoms. The van der Waals surface area contributed by atoms with Gasteiger partial charge >= 0.3 is 0 Å². The lowest BCUT2D eigenvalue weighted by Crippen LogP contribution is -1.97. The first-order chi connectivity index (χ1) is 7.92. The summed E-state index contributed by atoms with van der Waals surface area (Å²) in [5.41, 5.74) is 1.30. The minimum Gasteiger partial charge on any atom is -0.461 e. The van der Waals surface area contributed by atoms with Crippen molar-refractivity contribution in [3.8, 4) is 0 Å². The number of aryl methyl sites for hydroxylation is 1. The molecule has 0 radical (unpaired) electrons. The van der Waals surface area contributed by atoms with Crippen molar-refractivity contribution in [1.82, 2.24) is 0 Å². The molecule has 0 aliphatic heterocycles. The Morgan fingerprint density at radius 3 is 2.41 bits per heavy atom. The van der Waals surface area contributed by atoms with Crippen LogP contribution in [0, 0.1) is 12.3 Å². The Labute approximate surface area is 105 Å². The third-order valence-corrected chi connectivity index (χ3v) is 2.24. The van der Waals surface area contributed by atoms with Gasteiger partial charge in [0.2, 0.25) is 0 Å². The monoisotopic (exact) mass is 230 g/mol. The Bertz CT molecular complexity index is 436. The van der Waals surface area contributed by atoms with E-state index in [0.29, 0.717) is 0 Å². The predicted octanol–water partition coefficient (Wildman–Crippen LogP) is 5.15. The van der Waals surface area contributed by atoms with Crippen LogP contribution >= 0.6 is 0 Å². The second kappa shape index (κ2) is 5.72. The van der Waals surface area contributed by atoms with Crippen LogP contribution in [0.15, 0.2) is 46.9 Å². The Kier molecular flexibility index (Phi) is 4.56. The van der Waals surface area contributed by atoms with Crippen LogP contribution in [-0.2, 0) is 0 Å². The SMILES string of the molecule is C\C=C/C(=C\C=C\C(C)(C)C)c1ccc(C)o1. The van der Waals surface area contributed by atoms with Crippen molar-refractivity contribution in [3.63, 3.8) is 0 Å². The van der Waals surface area contributed by atoms with Crippen molar-refractivity contribution in [2.24, 2.45) is 5.41 Å². The fourth-order valence-electron chi connectivity index (χ4n) is 1.43. The van der Waals surface area contributed by atoms with Gasteiger partial charge in [-0.3, -0.25) is 0 Å². The topological polar surface area (TPSA) is 13.1 Å². The molecule has 0 bridgehead atoms. The Morgan fingerprint density at radius 2 is 1.94 bits per heavy atom. The molecule has 0 saturated heterocycles. The van der Waals surface area contributed by atoms with Gasteiger partial charge in [0.05, 0.1) is 0 Å². The normalized spacial score (nSPS) is 14.1. The lowest BCUT2D eigenvalue weighted by Gasteiger charge is -2.10. The van der Waals surface area contributed by atoms with E-state index in [4.69, 9.17) is 4.42 Å². The maximum absolute atomic E-state index is 5.63. The zero-order valence-corrected chi connectivity index (χ0v) is 11.4. The van der Waals surface area contributed by atoms with Gasteiger partial charge in [-0.1, -0.05) is 51.2 Å². The van der Waals surface area contributed by atoms with Gasteiger partial charge in [0.15, 0.2) is 0 Å². The first kappa shape index (κ1) is 13.6. The standard InChI is InChI=1S/C16H22O/c1-6-8-14(9-7-12-16(3,4)5)15-11-10-13(2)17-15/h6-12H,1-5H3/b8-6-,12-7+,14-9+. The molecule has 0 amide bonds. The summed E-state index contributed by atoms with van der Waals surface area (Å²) in [6.07, 6.45) is 10.4. The number of hydrogen-bond donors (Lipinski definition) is 0. The molecule has 1 nitrogen and oxygen atoms in total. The Hall–Kier alpha value is -1.50. The lowest BCUT2D eigenvalue weighted by molar-refractivity contribution is 0.522. The van der Waals surface area contributed by atoms with Gasteiger partial charge in [-0.25, -0.2) is 0 Å². The average Bonchev–Trinajstić information content (AvgIpc) is 2.62. The van der Waals surface area contributed by atoms with E-state index in [0.717, 1.165) is 17.1 Å². The maximum Gasteiger partial charge on any atom is 0.134 e. The van der Waals surface area contributed by atoms with Crippen molar-refractivity contribution < 1.29 is 4.42 Å². The van der Waals surface area contributed by atoms with Crippen molar-refractivity contribution >= 4 is 5.57 Å². The van der Waals surface area contributed by atoms with Crippen molar-refractivity contribution in [3.05, 3.63) is 54.0 Å². The highest BCUT2D eigenvalue weighted by Gasteiger charge is 2.04. The van der Waals surface area contributed by atoms with Gasteiger partial charge in [0, 0.05) is 5.57 Å². The van der Waals surface area contributed by atoms with E-state index in [1.165, 1.54) is 0 Å². The molecule has 0 aromatic carbocycles. The highest BCUT2D eigenvalue weighted by atomic mass is 16.3. The fraction of sp³-hybridized carbons (Fsp3) is 0.375. The lowest BCUT2D eigenvalue weighted by atomic mass is 9.96. The molecule has 1 aromatic rings. The largest absolute Gasteiger partial charge is 0.461 e. The summed E-state index contributed by atoms with van der Waals surface area (Å²) in [7, 11) is 0. The Balaban J connectivity index is 2.94. The van der Waals surface area contributed by atoms with E-state index in [-0.39, 0.29) is 5.41 Å². The van der Waals surface area contributed by atoms with Gasteiger partial charge in [0.1, 0.15) is 11.5 Å². The van der Waals surface area contributed by atoms with Crippen LogP contribution in [0.5, 0.6) is 0 Å². The summed E-state index contributed by atoms with van der Waals surface area (Å²) >= 11 is 0. The quantitative estimate of drug-likeness (QED) is 0.654. The highest BCUT2D eigenvalue weighted by molar-refractivity contribution is 5.72. The number of allylic oxidation sites excluding steroid dienone is 6. The molecule has 1 heterocycles. The van der Waals surface area contributed by atoms with Gasteiger partial charge < -0.3 is 4.42 Å². The zero-order chi connectivity index (χ0) is 12.9. The van der Waals surface area contributed by atoms with Crippen molar-refractivity contribution in [2.75, 3.05) is 0 Å². The summed E-state index contributed by atoms with van der Waals surface area (Å²) in [4.78, 5) is 0. The third-order valence-electron chi connectivity index (χ3n) is 2.24. The maximum atomic E-state index is 5.63. The highest BCUT2D eigenvalue weighted by Crippen LogP contribution is 2.20. The van der Waals surface area contributed by atoms with E-state index in [1.807, 2.05) is 32.1 Å². The van der Waals surface area contributed by atoms with E-state index in [1.54, 1.807) is 0 Å². The van der Waals surface area contributed by atoms with Crippen LogP contribution in [0.1, 0.15) is 39.2 Å². The van der Waals surface area contributed by atoms with Gasteiger partial charge in [0.25, 0.3) is 0 Å². The summed E-state index contributed by atoms with van der Waals surface area (Å²) in [6, 6.07) is 3.99. The predicted molar refractivity (Wildman–Crippen MR) is 74.8 cm³/mol. The van der Waals surface area contributed by atoms with Gasteiger partial charge in [-0.2, -0.15) is 0 Å². The zero-order valence-electron chi connectivity index (χ0n) is 11.4. The summed E-state index contributed by atoms with van der Waals surface area (Å²) in [5, 5.41) is 0. The van der Waals surface area contributed by atoms with E-state index in [9.17, 15) is 0 Å². The first-order valence-corrected chi connectivity index (χ1v) is 6.01. The minimum absolute atomic E-state index is 0.205.